The molecular weight excluding hydrogens is 244 g/mol. The van der Waals surface area contributed by atoms with Crippen molar-refractivity contribution in [3.05, 3.63) is 28.3 Å². The first-order chi connectivity index (χ1) is 9.19. The first-order valence-corrected chi connectivity index (χ1v) is 6.77. The van der Waals surface area contributed by atoms with Crippen LogP contribution < -0.4 is 10.1 Å². The maximum atomic E-state index is 11.2. The molecule has 0 aliphatic heterocycles. The predicted octanol–water partition coefficient (Wildman–Crippen LogP) is 3.20. The highest BCUT2D eigenvalue weighted by Crippen LogP contribution is 2.46. The standard InChI is InChI=1S/C14H18N2O3/c1-19-13-4-2-3-11(14(13)16(17)18)15-12-8-9-5-6-10(12)7-9/h2-4,9-10,12,15H,5-8H2,1H3. The summed E-state index contributed by atoms with van der Waals surface area (Å²) in [5.41, 5.74) is 0.634. The van der Waals surface area contributed by atoms with E-state index in [-0.39, 0.29) is 10.6 Å². The van der Waals surface area contributed by atoms with Crippen LogP contribution in [0.3, 0.4) is 0 Å². The number of nitro benzene ring substituents is 1. The molecule has 1 aromatic carbocycles. The van der Waals surface area contributed by atoms with Crippen LogP contribution in [0.5, 0.6) is 5.75 Å². The second-order valence-electron chi connectivity index (χ2n) is 5.54. The van der Waals surface area contributed by atoms with Crippen LogP contribution in [0.2, 0.25) is 0 Å². The van der Waals surface area contributed by atoms with E-state index < -0.39 is 0 Å². The zero-order valence-corrected chi connectivity index (χ0v) is 11.0. The van der Waals surface area contributed by atoms with Gasteiger partial charge in [0.2, 0.25) is 0 Å². The molecule has 2 aliphatic rings. The maximum Gasteiger partial charge on any atom is 0.333 e. The van der Waals surface area contributed by atoms with E-state index >= 15 is 0 Å². The molecule has 3 atom stereocenters. The number of hydrogen-bond donors (Lipinski definition) is 1. The summed E-state index contributed by atoms with van der Waals surface area (Å²) in [5.74, 6) is 1.81. The lowest BCUT2D eigenvalue weighted by molar-refractivity contribution is -0.384. The molecule has 102 valence electrons. The zero-order valence-electron chi connectivity index (χ0n) is 11.0. The number of nitrogens with zero attached hydrogens (tertiary/aromatic N) is 1. The second kappa shape index (κ2) is 4.72. The van der Waals surface area contributed by atoms with Gasteiger partial charge in [0.15, 0.2) is 5.75 Å². The van der Waals surface area contributed by atoms with Gasteiger partial charge in [0, 0.05) is 6.04 Å². The molecule has 19 heavy (non-hydrogen) atoms. The van der Waals surface area contributed by atoms with E-state index in [1.165, 1.54) is 26.4 Å². The fraction of sp³-hybridized carbons (Fsp3) is 0.571. The van der Waals surface area contributed by atoms with Crippen LogP contribution in [0.1, 0.15) is 25.7 Å². The molecule has 0 aromatic heterocycles. The second-order valence-corrected chi connectivity index (χ2v) is 5.54. The first-order valence-electron chi connectivity index (χ1n) is 6.77. The molecule has 5 nitrogen and oxygen atoms in total. The SMILES string of the molecule is COc1cccc(NC2CC3CCC2C3)c1[N+](=O)[O-]. The van der Waals surface area contributed by atoms with Crippen LogP contribution in [-0.4, -0.2) is 18.1 Å². The average Bonchev–Trinajstić information content (AvgIpc) is 3.00. The van der Waals surface area contributed by atoms with Gasteiger partial charge in [-0.05, 0) is 43.2 Å². The van der Waals surface area contributed by atoms with Crippen LogP contribution in [0.25, 0.3) is 0 Å². The highest BCUT2D eigenvalue weighted by atomic mass is 16.6. The van der Waals surface area contributed by atoms with Gasteiger partial charge in [-0.2, -0.15) is 0 Å². The summed E-state index contributed by atoms with van der Waals surface area (Å²) in [6.07, 6.45) is 4.98. The summed E-state index contributed by atoms with van der Waals surface area (Å²) in [4.78, 5) is 10.9. The first kappa shape index (κ1) is 12.3. The number of fused-ring (bicyclic) bond motifs is 2. The third kappa shape index (κ3) is 2.13. The number of anilines is 1. The summed E-state index contributed by atoms with van der Waals surface area (Å²) in [5, 5.41) is 14.6. The van der Waals surface area contributed by atoms with Crippen LogP contribution in [0.15, 0.2) is 18.2 Å². The number of para-hydroxylation sites is 1. The van der Waals surface area contributed by atoms with Crippen molar-refractivity contribution in [3.63, 3.8) is 0 Å². The van der Waals surface area contributed by atoms with Gasteiger partial charge in [-0.25, -0.2) is 0 Å². The number of methoxy groups -OCH3 is 1. The number of nitro groups is 1. The molecule has 3 unspecified atom stereocenters. The molecule has 3 rings (SSSR count). The van der Waals surface area contributed by atoms with Gasteiger partial charge < -0.3 is 10.1 Å². The van der Waals surface area contributed by atoms with Gasteiger partial charge in [0.05, 0.1) is 12.0 Å². The molecule has 1 aromatic rings. The minimum absolute atomic E-state index is 0.0489. The molecule has 2 bridgehead atoms. The third-order valence-corrected chi connectivity index (χ3v) is 4.48. The molecular formula is C14H18N2O3. The lowest BCUT2D eigenvalue weighted by atomic mass is 9.95. The molecule has 0 heterocycles. The molecule has 2 saturated carbocycles. The van der Waals surface area contributed by atoms with Crippen molar-refractivity contribution in [2.45, 2.75) is 31.7 Å². The summed E-state index contributed by atoms with van der Waals surface area (Å²) in [6.45, 7) is 0. The molecule has 2 fully saturated rings. The van der Waals surface area contributed by atoms with Crippen molar-refractivity contribution in [1.29, 1.82) is 0 Å². The van der Waals surface area contributed by atoms with Crippen molar-refractivity contribution in [2.75, 3.05) is 12.4 Å². The Morgan fingerprint density at radius 1 is 1.37 bits per heavy atom. The van der Waals surface area contributed by atoms with Gasteiger partial charge in [-0.3, -0.25) is 10.1 Å². The lowest BCUT2D eigenvalue weighted by Crippen LogP contribution is -2.26. The van der Waals surface area contributed by atoms with E-state index in [0.717, 1.165) is 12.3 Å². The summed E-state index contributed by atoms with van der Waals surface area (Å²) in [7, 11) is 1.46. The maximum absolute atomic E-state index is 11.2. The number of rotatable bonds is 4. The Bertz CT molecular complexity index is 503. The molecule has 2 aliphatic carbocycles. The smallest absolute Gasteiger partial charge is 0.333 e. The van der Waals surface area contributed by atoms with E-state index in [2.05, 4.69) is 5.32 Å². The number of ether oxygens (including phenoxy) is 1. The van der Waals surface area contributed by atoms with Crippen LogP contribution in [0.4, 0.5) is 11.4 Å². The highest BCUT2D eigenvalue weighted by Gasteiger charge is 2.40. The van der Waals surface area contributed by atoms with Crippen molar-refractivity contribution in [2.24, 2.45) is 11.8 Å². The molecule has 0 saturated heterocycles. The van der Waals surface area contributed by atoms with Gasteiger partial charge in [0.25, 0.3) is 0 Å². The molecule has 0 amide bonds. The van der Waals surface area contributed by atoms with Crippen molar-refractivity contribution < 1.29 is 9.66 Å². The molecule has 1 N–H and O–H groups in total. The Balaban J connectivity index is 1.86. The minimum Gasteiger partial charge on any atom is -0.490 e. The number of nitrogens with one attached hydrogen (secondary N) is 1. The molecule has 5 heteroatoms. The van der Waals surface area contributed by atoms with Crippen molar-refractivity contribution >= 4 is 11.4 Å². The van der Waals surface area contributed by atoms with E-state index in [0.29, 0.717) is 23.4 Å². The number of hydrogen-bond acceptors (Lipinski definition) is 4. The Morgan fingerprint density at radius 3 is 2.79 bits per heavy atom. The number of benzene rings is 1. The van der Waals surface area contributed by atoms with Gasteiger partial charge in [-0.1, -0.05) is 12.5 Å². The molecule has 0 radical (unpaired) electrons. The topological polar surface area (TPSA) is 64.4 Å². The Morgan fingerprint density at radius 2 is 2.21 bits per heavy atom. The van der Waals surface area contributed by atoms with E-state index in [4.69, 9.17) is 4.74 Å². The Hall–Kier alpha value is -1.78. The summed E-state index contributed by atoms with van der Waals surface area (Å²) in [6, 6.07) is 5.57. The van der Waals surface area contributed by atoms with E-state index in [1.807, 2.05) is 0 Å². The lowest BCUT2D eigenvalue weighted by Gasteiger charge is -2.24. The average molecular weight is 262 g/mol. The third-order valence-electron chi connectivity index (χ3n) is 4.48. The van der Waals surface area contributed by atoms with Crippen LogP contribution >= 0.6 is 0 Å². The summed E-state index contributed by atoms with van der Waals surface area (Å²) < 4.78 is 5.09. The largest absolute Gasteiger partial charge is 0.490 e. The Kier molecular flexibility index (Phi) is 3.05. The predicted molar refractivity (Wildman–Crippen MR) is 72.5 cm³/mol. The minimum atomic E-state index is -0.367. The van der Waals surface area contributed by atoms with Gasteiger partial charge in [-0.15, -0.1) is 0 Å². The Labute approximate surface area is 112 Å². The van der Waals surface area contributed by atoms with Crippen LogP contribution in [-0.2, 0) is 0 Å². The van der Waals surface area contributed by atoms with Crippen molar-refractivity contribution in [3.8, 4) is 5.75 Å². The monoisotopic (exact) mass is 262 g/mol. The van der Waals surface area contributed by atoms with Gasteiger partial charge >= 0.3 is 5.69 Å². The van der Waals surface area contributed by atoms with E-state index in [9.17, 15) is 10.1 Å². The quantitative estimate of drug-likeness (QED) is 0.668. The zero-order chi connectivity index (χ0) is 13.4. The highest BCUT2D eigenvalue weighted by molar-refractivity contribution is 5.68. The van der Waals surface area contributed by atoms with Crippen molar-refractivity contribution in [1.82, 2.24) is 0 Å². The van der Waals surface area contributed by atoms with E-state index in [1.54, 1.807) is 18.2 Å². The fourth-order valence-electron chi connectivity index (χ4n) is 3.61. The molecule has 0 spiro atoms. The summed E-state index contributed by atoms with van der Waals surface area (Å²) >= 11 is 0. The van der Waals surface area contributed by atoms with Gasteiger partial charge in [0.1, 0.15) is 5.69 Å². The van der Waals surface area contributed by atoms with Crippen LogP contribution in [0, 0.1) is 22.0 Å². The normalized spacial score (nSPS) is 28.4. The fourth-order valence-corrected chi connectivity index (χ4v) is 3.61.